The zero-order valence-electron chi connectivity index (χ0n) is 18.7. The molecule has 0 aliphatic carbocycles. The van der Waals surface area contributed by atoms with E-state index in [1.807, 2.05) is 46.4 Å². The molecule has 1 fully saturated rings. The zero-order chi connectivity index (χ0) is 22.5. The van der Waals surface area contributed by atoms with E-state index in [9.17, 15) is 9.59 Å². The Morgan fingerprint density at radius 2 is 1.94 bits per heavy atom. The number of benzene rings is 1. The number of hydrogen-bond acceptors (Lipinski definition) is 4. The van der Waals surface area contributed by atoms with Gasteiger partial charge in [0.1, 0.15) is 0 Å². The Balaban J connectivity index is 1.58. The van der Waals surface area contributed by atoms with Crippen LogP contribution < -0.4 is 0 Å². The molecule has 2 amide bonds. The Bertz CT molecular complexity index is 1080. The molecule has 1 aliphatic rings. The van der Waals surface area contributed by atoms with Gasteiger partial charge in [-0.25, -0.2) is 0 Å². The molecule has 1 atom stereocenters. The lowest BCUT2D eigenvalue weighted by Crippen LogP contribution is -2.38. The number of carbonyl (C=O) groups is 2. The van der Waals surface area contributed by atoms with Crippen LogP contribution in [-0.2, 0) is 11.2 Å². The van der Waals surface area contributed by atoms with Gasteiger partial charge >= 0.3 is 0 Å². The molecular weight excluding hydrogens is 418 g/mol. The third-order valence-corrected chi connectivity index (χ3v) is 6.78. The van der Waals surface area contributed by atoms with Crippen LogP contribution in [0.2, 0.25) is 0 Å². The second-order valence-corrected chi connectivity index (χ2v) is 9.48. The summed E-state index contributed by atoms with van der Waals surface area (Å²) >= 11 is 1.58. The number of amides is 2. The Labute approximate surface area is 193 Å². The maximum absolute atomic E-state index is 13.4. The molecule has 0 N–H and O–H groups in total. The fourth-order valence-electron chi connectivity index (χ4n) is 4.32. The Morgan fingerprint density at radius 1 is 1.12 bits per heavy atom. The van der Waals surface area contributed by atoms with Crippen molar-refractivity contribution in [3.8, 4) is 11.1 Å². The third kappa shape index (κ3) is 5.07. The largest absolute Gasteiger partial charge is 0.341 e. The molecule has 5 nitrogen and oxygen atoms in total. The van der Waals surface area contributed by atoms with Gasteiger partial charge in [0.05, 0.1) is 11.5 Å². The Kier molecular flexibility index (Phi) is 7.00. The minimum absolute atomic E-state index is 0.0241. The summed E-state index contributed by atoms with van der Waals surface area (Å²) in [5.41, 5.74) is 4.04. The summed E-state index contributed by atoms with van der Waals surface area (Å²) in [6.07, 6.45) is 5.10. The van der Waals surface area contributed by atoms with Crippen LogP contribution in [0.5, 0.6) is 0 Å². The third-order valence-electron chi connectivity index (χ3n) is 5.92. The predicted octanol–water partition coefficient (Wildman–Crippen LogP) is 4.67. The van der Waals surface area contributed by atoms with E-state index < -0.39 is 0 Å². The van der Waals surface area contributed by atoms with Crippen molar-refractivity contribution in [1.82, 2.24) is 14.8 Å². The van der Waals surface area contributed by atoms with E-state index in [1.54, 1.807) is 23.7 Å². The normalized spacial score (nSPS) is 16.8. The number of hydrogen-bond donors (Lipinski definition) is 0. The van der Waals surface area contributed by atoms with Crippen LogP contribution in [0.1, 0.15) is 34.1 Å². The molecule has 4 rings (SSSR count). The van der Waals surface area contributed by atoms with Gasteiger partial charge in [-0.1, -0.05) is 31.2 Å². The van der Waals surface area contributed by atoms with E-state index in [4.69, 9.17) is 0 Å². The summed E-state index contributed by atoms with van der Waals surface area (Å²) in [4.78, 5) is 35.6. The molecule has 0 saturated carbocycles. The number of pyridine rings is 1. The van der Waals surface area contributed by atoms with Crippen molar-refractivity contribution < 1.29 is 9.59 Å². The summed E-state index contributed by atoms with van der Waals surface area (Å²) in [6, 6.07) is 14.2. The molecule has 3 heterocycles. The van der Waals surface area contributed by atoms with Gasteiger partial charge in [-0.2, -0.15) is 0 Å². The van der Waals surface area contributed by atoms with E-state index >= 15 is 0 Å². The van der Waals surface area contributed by atoms with Crippen molar-refractivity contribution in [2.45, 2.75) is 26.7 Å². The van der Waals surface area contributed by atoms with Gasteiger partial charge in [-0.05, 0) is 54.7 Å². The summed E-state index contributed by atoms with van der Waals surface area (Å²) < 4.78 is 0. The SMILES string of the molecule is CCCN1CCN(C(=O)c2csc(C)c2)CC(Cc2cccc(-c3ccncc3)c2)C1=O. The lowest BCUT2D eigenvalue weighted by molar-refractivity contribution is -0.134. The highest BCUT2D eigenvalue weighted by molar-refractivity contribution is 7.10. The molecule has 0 radical (unpaired) electrons. The van der Waals surface area contributed by atoms with Crippen LogP contribution in [-0.4, -0.2) is 52.8 Å². The fraction of sp³-hybridized carbons (Fsp3) is 0.346. The predicted molar refractivity (Wildman–Crippen MR) is 129 cm³/mol. The first-order valence-electron chi connectivity index (χ1n) is 11.2. The second kappa shape index (κ2) is 10.1. The van der Waals surface area contributed by atoms with Gasteiger partial charge < -0.3 is 9.80 Å². The number of carbonyl (C=O) groups excluding carboxylic acids is 2. The van der Waals surface area contributed by atoms with Crippen molar-refractivity contribution in [3.05, 3.63) is 76.2 Å². The van der Waals surface area contributed by atoms with Crippen molar-refractivity contribution in [1.29, 1.82) is 0 Å². The maximum atomic E-state index is 13.4. The number of thiophene rings is 1. The minimum atomic E-state index is -0.250. The van der Waals surface area contributed by atoms with Gasteiger partial charge in [0.25, 0.3) is 5.91 Å². The topological polar surface area (TPSA) is 53.5 Å². The second-order valence-electron chi connectivity index (χ2n) is 8.36. The molecule has 32 heavy (non-hydrogen) atoms. The van der Waals surface area contributed by atoms with Crippen LogP contribution in [0.3, 0.4) is 0 Å². The molecule has 2 aromatic heterocycles. The van der Waals surface area contributed by atoms with Crippen LogP contribution in [0.25, 0.3) is 11.1 Å². The average molecular weight is 448 g/mol. The van der Waals surface area contributed by atoms with Crippen molar-refractivity contribution in [3.63, 3.8) is 0 Å². The zero-order valence-corrected chi connectivity index (χ0v) is 19.5. The molecule has 0 bridgehead atoms. The average Bonchev–Trinajstić information content (AvgIpc) is 3.20. The van der Waals surface area contributed by atoms with Gasteiger partial charge in [-0.15, -0.1) is 11.3 Å². The Hall–Kier alpha value is -2.99. The summed E-state index contributed by atoms with van der Waals surface area (Å²) in [5, 5.41) is 1.92. The van der Waals surface area contributed by atoms with Gasteiger partial charge in [-0.3, -0.25) is 14.6 Å². The molecule has 3 aromatic rings. The smallest absolute Gasteiger partial charge is 0.254 e. The van der Waals surface area contributed by atoms with Crippen molar-refractivity contribution >= 4 is 23.2 Å². The standard InChI is InChI=1S/C26H29N3O2S/c1-3-11-28-12-13-29(26(31)24-14-19(2)32-18-24)17-23(25(28)30)16-20-5-4-6-22(15-20)21-7-9-27-10-8-21/h4-10,14-15,18,23H,3,11-13,16-17H2,1-2H3. The van der Waals surface area contributed by atoms with Gasteiger partial charge in [0, 0.05) is 48.8 Å². The summed E-state index contributed by atoms with van der Waals surface area (Å²) in [6.45, 7) is 6.44. The van der Waals surface area contributed by atoms with E-state index in [2.05, 4.69) is 30.1 Å². The van der Waals surface area contributed by atoms with E-state index in [1.165, 1.54) is 0 Å². The summed E-state index contributed by atoms with van der Waals surface area (Å²) in [5.74, 6) is -0.0746. The maximum Gasteiger partial charge on any atom is 0.254 e. The molecule has 1 aromatic carbocycles. The van der Waals surface area contributed by atoms with E-state index in [0.717, 1.165) is 40.1 Å². The van der Waals surface area contributed by atoms with Crippen molar-refractivity contribution in [2.24, 2.45) is 5.92 Å². The number of aryl methyl sites for hydroxylation is 1. The molecule has 1 saturated heterocycles. The molecule has 1 unspecified atom stereocenters. The highest BCUT2D eigenvalue weighted by atomic mass is 32.1. The lowest BCUT2D eigenvalue weighted by Gasteiger charge is -2.24. The highest BCUT2D eigenvalue weighted by Gasteiger charge is 2.32. The van der Waals surface area contributed by atoms with E-state index in [-0.39, 0.29) is 17.7 Å². The first-order valence-corrected chi connectivity index (χ1v) is 12.1. The quantitative estimate of drug-likeness (QED) is 0.552. The number of nitrogens with zero attached hydrogens (tertiary/aromatic N) is 3. The van der Waals surface area contributed by atoms with Gasteiger partial charge in [0.15, 0.2) is 0 Å². The molecule has 6 heteroatoms. The van der Waals surface area contributed by atoms with Crippen LogP contribution in [0, 0.1) is 12.8 Å². The monoisotopic (exact) mass is 447 g/mol. The summed E-state index contributed by atoms with van der Waals surface area (Å²) in [7, 11) is 0. The number of rotatable bonds is 6. The molecule has 1 aliphatic heterocycles. The first-order chi connectivity index (χ1) is 15.5. The number of aromatic nitrogens is 1. The van der Waals surface area contributed by atoms with Crippen LogP contribution in [0.4, 0.5) is 0 Å². The lowest BCUT2D eigenvalue weighted by atomic mass is 9.95. The molecule has 166 valence electrons. The Morgan fingerprint density at radius 3 is 2.66 bits per heavy atom. The van der Waals surface area contributed by atoms with Crippen LogP contribution >= 0.6 is 11.3 Å². The first kappa shape index (κ1) is 22.2. The van der Waals surface area contributed by atoms with Gasteiger partial charge in [0.2, 0.25) is 5.91 Å². The molecular formula is C26H29N3O2S. The highest BCUT2D eigenvalue weighted by Crippen LogP contribution is 2.24. The van der Waals surface area contributed by atoms with Crippen LogP contribution in [0.15, 0.2) is 60.2 Å². The fourth-order valence-corrected chi connectivity index (χ4v) is 5.00. The van der Waals surface area contributed by atoms with Crippen molar-refractivity contribution in [2.75, 3.05) is 26.2 Å². The minimum Gasteiger partial charge on any atom is -0.341 e. The van der Waals surface area contributed by atoms with E-state index in [0.29, 0.717) is 26.1 Å². The molecule has 0 spiro atoms.